The molecule has 1 aliphatic rings. The number of hydrogen-bond donors (Lipinski definition) is 2. The summed E-state index contributed by atoms with van der Waals surface area (Å²) in [5.74, 6) is 0. The van der Waals surface area contributed by atoms with Gasteiger partial charge in [0.2, 0.25) is 0 Å². The maximum Gasteiger partial charge on any atom is 0.0741 e. The van der Waals surface area contributed by atoms with Crippen molar-refractivity contribution < 1.29 is 5.11 Å². The standard InChI is InChI=1S/C12H17NO/c14-12-9-5-4-8-11(12)13-10-6-2-1-3-7-10/h1-3,6-7,11-14H,4-5,8-9H2/t11-,12-/m0/s1. The summed E-state index contributed by atoms with van der Waals surface area (Å²) in [4.78, 5) is 0. The van der Waals surface area contributed by atoms with Gasteiger partial charge in [0.1, 0.15) is 0 Å². The molecular weight excluding hydrogens is 174 g/mol. The third-order valence-corrected chi connectivity index (χ3v) is 2.86. The van der Waals surface area contributed by atoms with Gasteiger partial charge in [0.15, 0.2) is 0 Å². The number of hydrogen-bond acceptors (Lipinski definition) is 2. The van der Waals surface area contributed by atoms with Gasteiger partial charge in [-0.05, 0) is 25.0 Å². The first-order valence-corrected chi connectivity index (χ1v) is 5.36. The molecule has 2 nitrogen and oxygen atoms in total. The highest BCUT2D eigenvalue weighted by Gasteiger charge is 2.22. The third-order valence-electron chi connectivity index (χ3n) is 2.86. The van der Waals surface area contributed by atoms with Crippen molar-refractivity contribution in [3.05, 3.63) is 30.3 Å². The van der Waals surface area contributed by atoms with Crippen LogP contribution < -0.4 is 5.32 Å². The van der Waals surface area contributed by atoms with E-state index in [1.54, 1.807) is 0 Å². The fraction of sp³-hybridized carbons (Fsp3) is 0.500. The van der Waals surface area contributed by atoms with Crippen molar-refractivity contribution in [3.8, 4) is 0 Å². The van der Waals surface area contributed by atoms with Crippen molar-refractivity contribution in [2.45, 2.75) is 37.8 Å². The molecule has 2 N–H and O–H groups in total. The van der Waals surface area contributed by atoms with E-state index in [-0.39, 0.29) is 12.1 Å². The minimum atomic E-state index is -0.177. The van der Waals surface area contributed by atoms with Crippen LogP contribution in [-0.4, -0.2) is 17.3 Å². The van der Waals surface area contributed by atoms with Gasteiger partial charge < -0.3 is 10.4 Å². The van der Waals surface area contributed by atoms with E-state index in [1.165, 1.54) is 6.42 Å². The minimum absolute atomic E-state index is 0.177. The van der Waals surface area contributed by atoms with Crippen molar-refractivity contribution >= 4 is 5.69 Å². The Hall–Kier alpha value is -1.02. The van der Waals surface area contributed by atoms with Gasteiger partial charge in [-0.2, -0.15) is 0 Å². The SMILES string of the molecule is O[C@H]1CCCC[C@@H]1Nc1ccccc1. The second-order valence-corrected chi connectivity index (χ2v) is 3.97. The molecular formula is C12H17NO. The fourth-order valence-corrected chi connectivity index (χ4v) is 2.03. The van der Waals surface area contributed by atoms with Crippen LogP contribution in [0.1, 0.15) is 25.7 Å². The van der Waals surface area contributed by atoms with E-state index in [4.69, 9.17) is 0 Å². The van der Waals surface area contributed by atoms with E-state index in [0.29, 0.717) is 0 Å². The number of anilines is 1. The molecule has 0 aliphatic heterocycles. The number of nitrogens with one attached hydrogen (secondary N) is 1. The van der Waals surface area contributed by atoms with Crippen molar-refractivity contribution in [3.63, 3.8) is 0 Å². The molecule has 76 valence electrons. The summed E-state index contributed by atoms with van der Waals surface area (Å²) < 4.78 is 0. The quantitative estimate of drug-likeness (QED) is 0.752. The van der Waals surface area contributed by atoms with Gasteiger partial charge in [-0.15, -0.1) is 0 Å². The molecule has 1 aromatic carbocycles. The molecule has 0 spiro atoms. The summed E-state index contributed by atoms with van der Waals surface area (Å²) in [5, 5.41) is 13.1. The van der Waals surface area contributed by atoms with E-state index >= 15 is 0 Å². The van der Waals surface area contributed by atoms with E-state index < -0.39 is 0 Å². The number of benzene rings is 1. The topological polar surface area (TPSA) is 32.3 Å². The Morgan fingerprint density at radius 3 is 2.50 bits per heavy atom. The molecule has 0 radical (unpaired) electrons. The second kappa shape index (κ2) is 4.47. The molecule has 2 atom stereocenters. The van der Waals surface area contributed by atoms with Crippen LogP contribution in [0.25, 0.3) is 0 Å². The molecule has 1 aliphatic carbocycles. The number of aliphatic hydroxyl groups is 1. The molecule has 0 bridgehead atoms. The lowest BCUT2D eigenvalue weighted by Gasteiger charge is -2.29. The zero-order valence-electron chi connectivity index (χ0n) is 8.32. The van der Waals surface area contributed by atoms with Crippen LogP contribution in [0.4, 0.5) is 5.69 Å². The highest BCUT2D eigenvalue weighted by Crippen LogP contribution is 2.21. The third kappa shape index (κ3) is 2.26. The van der Waals surface area contributed by atoms with Gasteiger partial charge in [0.25, 0.3) is 0 Å². The highest BCUT2D eigenvalue weighted by atomic mass is 16.3. The molecule has 0 saturated heterocycles. The highest BCUT2D eigenvalue weighted by molar-refractivity contribution is 5.43. The second-order valence-electron chi connectivity index (χ2n) is 3.97. The van der Waals surface area contributed by atoms with Gasteiger partial charge in [0, 0.05) is 5.69 Å². The first kappa shape index (κ1) is 9.53. The smallest absolute Gasteiger partial charge is 0.0741 e. The molecule has 0 heterocycles. The number of para-hydroxylation sites is 1. The van der Waals surface area contributed by atoms with Crippen molar-refractivity contribution in [1.82, 2.24) is 0 Å². The van der Waals surface area contributed by atoms with E-state index in [2.05, 4.69) is 5.32 Å². The predicted molar refractivity (Wildman–Crippen MR) is 58.3 cm³/mol. The molecule has 0 amide bonds. The average molecular weight is 191 g/mol. The first-order valence-electron chi connectivity index (χ1n) is 5.36. The average Bonchev–Trinajstić information content (AvgIpc) is 2.23. The normalized spacial score (nSPS) is 27.2. The summed E-state index contributed by atoms with van der Waals surface area (Å²) >= 11 is 0. The lowest BCUT2D eigenvalue weighted by molar-refractivity contribution is 0.116. The summed E-state index contributed by atoms with van der Waals surface area (Å²) in [6.45, 7) is 0. The molecule has 2 rings (SSSR count). The van der Waals surface area contributed by atoms with E-state index in [0.717, 1.165) is 24.9 Å². The van der Waals surface area contributed by atoms with Crippen LogP contribution in [-0.2, 0) is 0 Å². The Bertz CT molecular complexity index is 273. The summed E-state index contributed by atoms with van der Waals surface area (Å²) in [6, 6.07) is 10.4. The Morgan fingerprint density at radius 1 is 1.07 bits per heavy atom. The van der Waals surface area contributed by atoms with Gasteiger partial charge in [-0.3, -0.25) is 0 Å². The molecule has 14 heavy (non-hydrogen) atoms. The Kier molecular flexibility index (Phi) is 3.04. The molecule has 0 unspecified atom stereocenters. The van der Waals surface area contributed by atoms with Crippen LogP contribution in [0.3, 0.4) is 0 Å². The molecule has 2 heteroatoms. The van der Waals surface area contributed by atoms with Crippen LogP contribution in [0.15, 0.2) is 30.3 Å². The largest absolute Gasteiger partial charge is 0.391 e. The zero-order chi connectivity index (χ0) is 9.80. The molecule has 1 saturated carbocycles. The first-order chi connectivity index (χ1) is 6.86. The van der Waals surface area contributed by atoms with Gasteiger partial charge in [-0.25, -0.2) is 0 Å². The molecule has 1 fully saturated rings. The van der Waals surface area contributed by atoms with Crippen LogP contribution >= 0.6 is 0 Å². The predicted octanol–water partition coefficient (Wildman–Crippen LogP) is 2.40. The summed E-state index contributed by atoms with van der Waals surface area (Å²) in [7, 11) is 0. The van der Waals surface area contributed by atoms with Crippen LogP contribution in [0.5, 0.6) is 0 Å². The van der Waals surface area contributed by atoms with E-state index in [1.807, 2.05) is 30.3 Å². The minimum Gasteiger partial charge on any atom is -0.391 e. The Labute approximate surface area is 85.0 Å². The van der Waals surface area contributed by atoms with Crippen molar-refractivity contribution in [2.75, 3.05) is 5.32 Å². The molecule has 0 aromatic heterocycles. The molecule has 1 aromatic rings. The van der Waals surface area contributed by atoms with Gasteiger partial charge in [0.05, 0.1) is 12.1 Å². The maximum absolute atomic E-state index is 9.77. The summed E-state index contributed by atoms with van der Waals surface area (Å²) in [5.41, 5.74) is 1.11. The van der Waals surface area contributed by atoms with E-state index in [9.17, 15) is 5.11 Å². The Balaban J connectivity index is 1.96. The fourth-order valence-electron chi connectivity index (χ4n) is 2.03. The number of aliphatic hydroxyl groups excluding tert-OH is 1. The van der Waals surface area contributed by atoms with Gasteiger partial charge in [-0.1, -0.05) is 31.0 Å². The van der Waals surface area contributed by atoms with Crippen molar-refractivity contribution in [1.29, 1.82) is 0 Å². The van der Waals surface area contributed by atoms with Crippen LogP contribution in [0.2, 0.25) is 0 Å². The summed E-state index contributed by atoms with van der Waals surface area (Å²) in [6.07, 6.45) is 4.22. The number of rotatable bonds is 2. The lowest BCUT2D eigenvalue weighted by atomic mass is 9.92. The Morgan fingerprint density at radius 2 is 1.79 bits per heavy atom. The monoisotopic (exact) mass is 191 g/mol. The maximum atomic E-state index is 9.77. The van der Waals surface area contributed by atoms with Gasteiger partial charge >= 0.3 is 0 Å². The zero-order valence-corrected chi connectivity index (χ0v) is 8.32. The van der Waals surface area contributed by atoms with Crippen LogP contribution in [0, 0.1) is 0 Å². The lowest BCUT2D eigenvalue weighted by Crippen LogP contribution is -2.36. The van der Waals surface area contributed by atoms with Crippen molar-refractivity contribution in [2.24, 2.45) is 0 Å².